The number of aromatic hydroxyl groups is 1. The Morgan fingerprint density at radius 2 is 1.58 bits per heavy atom. The third-order valence-corrected chi connectivity index (χ3v) is 4.26. The van der Waals surface area contributed by atoms with Crippen LogP contribution in [-0.4, -0.2) is 30.7 Å². The monoisotopic (exact) mass is 435 g/mol. The van der Waals surface area contributed by atoms with Crippen molar-refractivity contribution >= 4 is 40.6 Å². The van der Waals surface area contributed by atoms with Crippen LogP contribution < -0.4 is 20.2 Å². The fourth-order valence-corrected chi connectivity index (χ4v) is 2.76. The molecule has 0 aromatic heterocycles. The number of hydrazone groups is 1. The zero-order chi connectivity index (χ0) is 22.1. The summed E-state index contributed by atoms with van der Waals surface area (Å²) in [6.07, 6.45) is 1.41. The van der Waals surface area contributed by atoms with Gasteiger partial charge in [0.25, 0.3) is 0 Å². The molecule has 0 unspecified atom stereocenters. The number of rotatable bonds is 7. The van der Waals surface area contributed by atoms with Gasteiger partial charge >= 0.3 is 0 Å². The second kappa shape index (κ2) is 10.7. The van der Waals surface area contributed by atoms with Gasteiger partial charge in [-0.2, -0.15) is 15.3 Å². The van der Waals surface area contributed by atoms with E-state index in [1.807, 2.05) is 54.6 Å². The number of nitrogens with one attached hydrogen (secondary N) is 2. The topological polar surface area (TPSA) is 99.8 Å². The van der Waals surface area contributed by atoms with Crippen molar-refractivity contribution in [3.63, 3.8) is 0 Å². The first-order valence-electron chi connectivity index (χ1n) is 9.21. The largest absolute Gasteiger partial charge is 0.504 e. The van der Waals surface area contributed by atoms with Crippen molar-refractivity contribution < 1.29 is 14.6 Å². The van der Waals surface area contributed by atoms with Crippen molar-refractivity contribution in [1.29, 1.82) is 0 Å². The van der Waals surface area contributed by atoms with Gasteiger partial charge in [0.1, 0.15) is 5.75 Å². The molecule has 0 aliphatic rings. The maximum absolute atomic E-state index is 10.4. The normalized spacial score (nSPS) is 10.9. The molecular weight excluding hydrogens is 414 g/mol. The van der Waals surface area contributed by atoms with Crippen molar-refractivity contribution in [3.8, 4) is 17.2 Å². The van der Waals surface area contributed by atoms with Crippen molar-refractivity contribution in [2.45, 2.75) is 0 Å². The number of benzene rings is 3. The molecule has 158 valence electrons. The zero-order valence-corrected chi connectivity index (χ0v) is 17.8. The first kappa shape index (κ1) is 21.7. The summed E-state index contributed by atoms with van der Waals surface area (Å²) in [5, 5.41) is 26.1. The van der Waals surface area contributed by atoms with Crippen LogP contribution in [0.5, 0.6) is 17.2 Å². The Hall–Kier alpha value is -3.98. The summed E-state index contributed by atoms with van der Waals surface area (Å²) in [5.74, 6) is 0.825. The number of nitrogens with zero attached hydrogens (tertiary/aromatic N) is 3. The Labute approximate surface area is 185 Å². The molecule has 3 aromatic carbocycles. The van der Waals surface area contributed by atoms with Gasteiger partial charge in [-0.1, -0.05) is 30.3 Å². The van der Waals surface area contributed by atoms with Gasteiger partial charge in [-0.25, -0.2) is 0 Å². The standard InChI is InChI=1S/C22H21N5O3S/c1-29-19-11-7-6-10-18(19)24-22(31)27-23-14-15-12-17(13-20(30-2)21(15)28)26-25-16-8-4-3-5-9-16/h3-14,28H,1-2H3,(H2,24,27,31). The summed E-state index contributed by atoms with van der Waals surface area (Å²) in [7, 11) is 3.03. The maximum Gasteiger partial charge on any atom is 0.191 e. The second-order valence-electron chi connectivity index (χ2n) is 6.15. The van der Waals surface area contributed by atoms with Crippen LogP contribution in [0.3, 0.4) is 0 Å². The Morgan fingerprint density at radius 3 is 2.32 bits per heavy atom. The highest BCUT2D eigenvalue weighted by molar-refractivity contribution is 7.80. The van der Waals surface area contributed by atoms with E-state index in [4.69, 9.17) is 21.7 Å². The molecule has 3 aromatic rings. The lowest BCUT2D eigenvalue weighted by Gasteiger charge is -2.11. The van der Waals surface area contributed by atoms with E-state index in [9.17, 15) is 5.11 Å². The first-order chi connectivity index (χ1) is 15.1. The van der Waals surface area contributed by atoms with E-state index in [1.54, 1.807) is 19.2 Å². The molecule has 0 saturated carbocycles. The summed E-state index contributed by atoms with van der Waals surface area (Å²) in [4.78, 5) is 0. The molecule has 3 N–H and O–H groups in total. The molecule has 9 heteroatoms. The highest BCUT2D eigenvalue weighted by Gasteiger charge is 2.10. The van der Waals surface area contributed by atoms with Gasteiger partial charge in [-0.3, -0.25) is 5.43 Å². The predicted octanol–water partition coefficient (Wildman–Crippen LogP) is 5.15. The number of para-hydroxylation sites is 2. The number of methoxy groups -OCH3 is 2. The molecule has 0 bridgehead atoms. The van der Waals surface area contributed by atoms with E-state index in [0.717, 1.165) is 0 Å². The average Bonchev–Trinajstić information content (AvgIpc) is 2.80. The van der Waals surface area contributed by atoms with Gasteiger partial charge in [-0.05, 0) is 42.5 Å². The van der Waals surface area contributed by atoms with Gasteiger partial charge in [0, 0.05) is 11.6 Å². The number of ether oxygens (including phenoxy) is 2. The summed E-state index contributed by atoms with van der Waals surface area (Å²) in [6, 6.07) is 19.9. The Bertz CT molecular complexity index is 1100. The second-order valence-corrected chi connectivity index (χ2v) is 6.55. The first-order valence-corrected chi connectivity index (χ1v) is 9.62. The number of azo groups is 1. The van der Waals surface area contributed by atoms with Crippen LogP contribution in [0.25, 0.3) is 0 Å². The molecule has 0 spiro atoms. The Morgan fingerprint density at radius 1 is 0.903 bits per heavy atom. The molecule has 8 nitrogen and oxygen atoms in total. The van der Waals surface area contributed by atoms with E-state index < -0.39 is 0 Å². The fraction of sp³-hybridized carbons (Fsp3) is 0.0909. The Balaban J connectivity index is 1.73. The fourth-order valence-electron chi connectivity index (χ4n) is 2.59. The molecule has 0 atom stereocenters. The van der Waals surface area contributed by atoms with Crippen LogP contribution >= 0.6 is 12.2 Å². The van der Waals surface area contributed by atoms with E-state index in [0.29, 0.717) is 28.4 Å². The third kappa shape index (κ3) is 6.00. The minimum Gasteiger partial charge on any atom is -0.504 e. The molecule has 31 heavy (non-hydrogen) atoms. The molecule has 0 aliphatic heterocycles. The molecule has 0 radical (unpaired) electrons. The quantitative estimate of drug-likeness (QED) is 0.206. The van der Waals surface area contributed by atoms with E-state index in [-0.39, 0.29) is 16.6 Å². The van der Waals surface area contributed by atoms with Crippen LogP contribution in [0, 0.1) is 0 Å². The predicted molar refractivity (Wildman–Crippen MR) is 125 cm³/mol. The molecule has 0 heterocycles. The summed E-state index contributed by atoms with van der Waals surface area (Å²) in [6.45, 7) is 0. The minimum atomic E-state index is -0.0738. The van der Waals surface area contributed by atoms with Crippen molar-refractivity contribution in [2.75, 3.05) is 19.5 Å². The van der Waals surface area contributed by atoms with E-state index in [2.05, 4.69) is 26.1 Å². The van der Waals surface area contributed by atoms with Gasteiger partial charge in [0.05, 0.1) is 37.5 Å². The van der Waals surface area contributed by atoms with Crippen molar-refractivity contribution in [1.82, 2.24) is 5.43 Å². The van der Waals surface area contributed by atoms with Gasteiger partial charge in [-0.15, -0.1) is 0 Å². The summed E-state index contributed by atoms with van der Waals surface area (Å²) in [5.41, 5.74) is 4.99. The molecule has 0 saturated heterocycles. The smallest absolute Gasteiger partial charge is 0.191 e. The van der Waals surface area contributed by atoms with E-state index >= 15 is 0 Å². The maximum atomic E-state index is 10.4. The SMILES string of the molecule is COc1ccccc1NC(=S)NN=Cc1cc(N=Nc2ccccc2)cc(OC)c1O. The molecule has 3 rings (SSSR count). The van der Waals surface area contributed by atoms with Gasteiger partial charge in [0.2, 0.25) is 0 Å². The van der Waals surface area contributed by atoms with Crippen molar-refractivity contribution in [3.05, 3.63) is 72.3 Å². The highest BCUT2D eigenvalue weighted by Crippen LogP contribution is 2.34. The number of hydrogen-bond donors (Lipinski definition) is 3. The van der Waals surface area contributed by atoms with Gasteiger partial charge < -0.3 is 19.9 Å². The molecule has 0 fully saturated rings. The van der Waals surface area contributed by atoms with Crippen LogP contribution in [0.1, 0.15) is 5.56 Å². The zero-order valence-electron chi connectivity index (χ0n) is 16.9. The molecule has 0 aliphatic carbocycles. The minimum absolute atomic E-state index is 0.0738. The van der Waals surface area contributed by atoms with E-state index in [1.165, 1.54) is 13.3 Å². The van der Waals surface area contributed by atoms with Crippen LogP contribution in [-0.2, 0) is 0 Å². The van der Waals surface area contributed by atoms with Crippen LogP contribution in [0.4, 0.5) is 17.1 Å². The van der Waals surface area contributed by atoms with Gasteiger partial charge in [0.15, 0.2) is 16.6 Å². The lowest BCUT2D eigenvalue weighted by atomic mass is 10.2. The number of phenolic OH excluding ortho intramolecular Hbond substituents is 1. The molecule has 0 amide bonds. The summed E-state index contributed by atoms with van der Waals surface area (Å²) >= 11 is 5.25. The number of phenols is 1. The highest BCUT2D eigenvalue weighted by atomic mass is 32.1. The van der Waals surface area contributed by atoms with Crippen LogP contribution in [0.15, 0.2) is 82.1 Å². The average molecular weight is 436 g/mol. The molecular formula is C22H21N5O3S. The van der Waals surface area contributed by atoms with Crippen molar-refractivity contribution in [2.24, 2.45) is 15.3 Å². The summed E-state index contributed by atoms with van der Waals surface area (Å²) < 4.78 is 10.5. The Kier molecular flexibility index (Phi) is 7.50. The lowest BCUT2D eigenvalue weighted by molar-refractivity contribution is 0.373. The number of thiocarbonyl (C=S) groups is 1. The number of anilines is 1. The lowest BCUT2D eigenvalue weighted by Crippen LogP contribution is -2.24. The van der Waals surface area contributed by atoms with Crippen LogP contribution in [0.2, 0.25) is 0 Å². The number of hydrogen-bond acceptors (Lipinski definition) is 7. The third-order valence-electron chi connectivity index (χ3n) is 4.07.